The molecule has 1 aromatic heterocycles. The van der Waals surface area contributed by atoms with E-state index in [0.717, 1.165) is 30.0 Å². The van der Waals surface area contributed by atoms with Crippen LogP contribution in [0.15, 0.2) is 47.5 Å². The summed E-state index contributed by atoms with van der Waals surface area (Å²) in [6, 6.07) is 12.3. The summed E-state index contributed by atoms with van der Waals surface area (Å²) in [5, 5.41) is 0. The van der Waals surface area contributed by atoms with Crippen molar-refractivity contribution in [3.63, 3.8) is 0 Å². The van der Waals surface area contributed by atoms with Crippen LogP contribution in [0.1, 0.15) is 18.2 Å². The summed E-state index contributed by atoms with van der Waals surface area (Å²) in [6.07, 6.45) is 3.74. The summed E-state index contributed by atoms with van der Waals surface area (Å²) in [6.45, 7) is 2.13. The van der Waals surface area contributed by atoms with Gasteiger partial charge in [0.05, 0.1) is 0 Å². The molecule has 3 rings (SSSR count). The quantitative estimate of drug-likeness (QED) is 0.942. The molecule has 2 aromatic rings. The minimum Gasteiger partial charge on any atom is -0.487 e. The molecule has 0 amide bonds. The number of nitrogens with two attached hydrogens (primary N) is 1. The van der Waals surface area contributed by atoms with Crippen molar-refractivity contribution in [2.75, 3.05) is 5.75 Å². The maximum atomic E-state index is 6.33. The Balaban J connectivity index is 1.64. The topological polar surface area (TPSA) is 48.1 Å². The van der Waals surface area contributed by atoms with E-state index in [9.17, 15) is 0 Å². The van der Waals surface area contributed by atoms with E-state index in [1.165, 1.54) is 10.5 Å². The van der Waals surface area contributed by atoms with Crippen LogP contribution < -0.4 is 10.5 Å². The van der Waals surface area contributed by atoms with E-state index in [4.69, 9.17) is 10.5 Å². The van der Waals surface area contributed by atoms with Gasteiger partial charge in [-0.05, 0) is 30.2 Å². The fourth-order valence-electron chi connectivity index (χ4n) is 2.40. The van der Waals surface area contributed by atoms with Crippen molar-refractivity contribution in [1.82, 2.24) is 4.98 Å². The van der Waals surface area contributed by atoms with Gasteiger partial charge in [0.2, 0.25) is 0 Å². The number of nitrogens with zero attached hydrogens (tertiary/aromatic N) is 1. The minimum absolute atomic E-state index is 0.0363. The molecule has 3 nitrogen and oxygen atoms in total. The highest BCUT2D eigenvalue weighted by molar-refractivity contribution is 7.99. The first-order valence-electron chi connectivity index (χ1n) is 7.34. The molecule has 0 saturated carbocycles. The van der Waals surface area contributed by atoms with Crippen molar-refractivity contribution < 1.29 is 4.74 Å². The van der Waals surface area contributed by atoms with Crippen LogP contribution in [0.5, 0.6) is 5.75 Å². The molecule has 110 valence electrons. The molecule has 2 unspecified atom stereocenters. The lowest BCUT2D eigenvalue weighted by atomic mass is 10.1. The third-order valence-corrected chi connectivity index (χ3v) is 4.89. The van der Waals surface area contributed by atoms with E-state index in [0.29, 0.717) is 0 Å². The first-order valence-corrected chi connectivity index (χ1v) is 8.32. The monoisotopic (exact) mass is 300 g/mol. The number of pyridine rings is 1. The number of thioether (sulfide) groups is 1. The molecule has 1 aliphatic heterocycles. The zero-order chi connectivity index (χ0) is 14.7. The van der Waals surface area contributed by atoms with Gasteiger partial charge < -0.3 is 10.5 Å². The highest BCUT2D eigenvalue weighted by Gasteiger charge is 2.26. The summed E-state index contributed by atoms with van der Waals surface area (Å²) in [4.78, 5) is 5.69. The Kier molecular flexibility index (Phi) is 4.46. The number of hydrogen-bond acceptors (Lipinski definition) is 4. The average Bonchev–Trinajstić information content (AvgIpc) is 2.55. The normalized spacial score (nSPS) is 18.7. The predicted octanol–water partition coefficient (Wildman–Crippen LogP) is 3.07. The SMILES string of the molecule is CCc1ccc(CC(N)C2CSc3ccccc3O2)nc1. The first kappa shape index (κ1) is 14.4. The summed E-state index contributed by atoms with van der Waals surface area (Å²) in [5.74, 6) is 1.84. The largest absolute Gasteiger partial charge is 0.487 e. The lowest BCUT2D eigenvalue weighted by Gasteiger charge is -2.29. The Hall–Kier alpha value is -1.52. The molecule has 0 bridgehead atoms. The van der Waals surface area contributed by atoms with Crippen LogP contribution >= 0.6 is 11.8 Å². The van der Waals surface area contributed by atoms with E-state index in [1.807, 2.05) is 36.2 Å². The number of hydrogen-bond donors (Lipinski definition) is 1. The summed E-state index contributed by atoms with van der Waals surface area (Å²) >= 11 is 1.82. The lowest BCUT2D eigenvalue weighted by molar-refractivity contribution is 0.183. The summed E-state index contributed by atoms with van der Waals surface area (Å²) in [5.41, 5.74) is 8.62. The minimum atomic E-state index is -0.0363. The van der Waals surface area contributed by atoms with Gasteiger partial charge in [-0.3, -0.25) is 4.98 Å². The Morgan fingerprint density at radius 3 is 2.95 bits per heavy atom. The molecule has 2 atom stereocenters. The molecule has 21 heavy (non-hydrogen) atoms. The molecular weight excluding hydrogens is 280 g/mol. The Morgan fingerprint density at radius 2 is 2.19 bits per heavy atom. The van der Waals surface area contributed by atoms with Crippen molar-refractivity contribution in [3.05, 3.63) is 53.9 Å². The summed E-state index contributed by atoms with van der Waals surface area (Å²) < 4.78 is 6.04. The van der Waals surface area contributed by atoms with Crippen molar-refractivity contribution in [1.29, 1.82) is 0 Å². The van der Waals surface area contributed by atoms with Crippen LogP contribution in [0, 0.1) is 0 Å². The fraction of sp³-hybridized carbons (Fsp3) is 0.353. The van der Waals surface area contributed by atoms with Crippen LogP contribution in [0.25, 0.3) is 0 Å². The molecule has 1 aliphatic rings. The van der Waals surface area contributed by atoms with Crippen molar-refractivity contribution in [2.24, 2.45) is 5.73 Å². The molecule has 0 spiro atoms. The van der Waals surface area contributed by atoms with Crippen LogP contribution in [0.2, 0.25) is 0 Å². The summed E-state index contributed by atoms with van der Waals surface area (Å²) in [7, 11) is 0. The van der Waals surface area contributed by atoms with Gasteiger partial charge in [-0.25, -0.2) is 0 Å². The second-order valence-corrected chi connectivity index (χ2v) is 6.36. The molecule has 0 saturated heterocycles. The van der Waals surface area contributed by atoms with E-state index in [1.54, 1.807) is 0 Å². The standard InChI is InChI=1S/C17H20N2OS/c1-2-12-7-8-13(19-10-12)9-14(18)16-11-21-17-6-4-3-5-15(17)20-16/h3-8,10,14,16H,2,9,11,18H2,1H3. The fourth-order valence-corrected chi connectivity index (χ4v) is 3.50. The van der Waals surface area contributed by atoms with Gasteiger partial charge in [-0.15, -0.1) is 11.8 Å². The average molecular weight is 300 g/mol. The highest BCUT2D eigenvalue weighted by atomic mass is 32.2. The molecule has 4 heteroatoms. The van der Waals surface area contributed by atoms with Crippen molar-refractivity contribution in [2.45, 2.75) is 36.8 Å². The van der Waals surface area contributed by atoms with E-state index in [-0.39, 0.29) is 12.1 Å². The molecular formula is C17H20N2OS. The van der Waals surface area contributed by atoms with Gasteiger partial charge in [0.25, 0.3) is 0 Å². The molecule has 2 N–H and O–H groups in total. The van der Waals surface area contributed by atoms with Crippen molar-refractivity contribution in [3.8, 4) is 5.75 Å². The number of rotatable bonds is 4. The Morgan fingerprint density at radius 1 is 1.33 bits per heavy atom. The third-order valence-electron chi connectivity index (χ3n) is 3.75. The number of aromatic nitrogens is 1. The number of aryl methyl sites for hydroxylation is 1. The third kappa shape index (κ3) is 3.39. The van der Waals surface area contributed by atoms with E-state index in [2.05, 4.69) is 30.1 Å². The van der Waals surface area contributed by atoms with Gasteiger partial charge in [-0.1, -0.05) is 25.1 Å². The molecule has 0 fully saturated rings. The molecule has 2 heterocycles. The number of ether oxygens (including phenoxy) is 1. The predicted molar refractivity (Wildman–Crippen MR) is 86.9 cm³/mol. The second-order valence-electron chi connectivity index (χ2n) is 5.29. The number of fused-ring (bicyclic) bond motifs is 1. The zero-order valence-electron chi connectivity index (χ0n) is 12.2. The van der Waals surface area contributed by atoms with E-state index < -0.39 is 0 Å². The van der Waals surface area contributed by atoms with Gasteiger partial charge in [0.15, 0.2) is 0 Å². The number of para-hydroxylation sites is 1. The molecule has 1 aromatic carbocycles. The van der Waals surface area contributed by atoms with Gasteiger partial charge in [0.1, 0.15) is 11.9 Å². The lowest BCUT2D eigenvalue weighted by Crippen LogP contribution is -2.43. The highest BCUT2D eigenvalue weighted by Crippen LogP contribution is 2.35. The first-order chi connectivity index (χ1) is 10.3. The van der Waals surface area contributed by atoms with Gasteiger partial charge >= 0.3 is 0 Å². The maximum Gasteiger partial charge on any atom is 0.133 e. The van der Waals surface area contributed by atoms with Gasteiger partial charge in [-0.2, -0.15) is 0 Å². The molecule has 0 aliphatic carbocycles. The van der Waals surface area contributed by atoms with Crippen LogP contribution in [-0.4, -0.2) is 22.9 Å². The molecule has 0 radical (unpaired) electrons. The smallest absolute Gasteiger partial charge is 0.133 e. The Bertz CT molecular complexity index is 600. The number of benzene rings is 1. The zero-order valence-corrected chi connectivity index (χ0v) is 13.0. The van der Waals surface area contributed by atoms with Crippen LogP contribution in [0.4, 0.5) is 0 Å². The second kappa shape index (κ2) is 6.50. The maximum absolute atomic E-state index is 6.33. The van der Waals surface area contributed by atoms with Crippen molar-refractivity contribution >= 4 is 11.8 Å². The Labute approximate surface area is 129 Å². The van der Waals surface area contributed by atoms with E-state index >= 15 is 0 Å². The van der Waals surface area contributed by atoms with Gasteiger partial charge in [0, 0.05) is 35.0 Å². The van der Waals surface area contributed by atoms with Crippen LogP contribution in [0.3, 0.4) is 0 Å². The van der Waals surface area contributed by atoms with Crippen LogP contribution in [-0.2, 0) is 12.8 Å².